The van der Waals surface area contributed by atoms with Crippen LogP contribution in [-0.4, -0.2) is 8.42 Å². The van der Waals surface area contributed by atoms with Crippen LogP contribution in [0.1, 0.15) is 0 Å². The summed E-state index contributed by atoms with van der Waals surface area (Å²) in [6.45, 7) is 0. The average Bonchev–Trinajstić information content (AvgIpc) is 1.86. The first kappa shape index (κ1) is 12.6. The molecule has 0 heterocycles. The van der Waals surface area contributed by atoms with E-state index in [9.17, 15) is 13.5 Å². The molecule has 4 nitrogen and oxygen atoms in total. The number of sulfonamides is 1. The Labute approximate surface area is 113 Å². The summed E-state index contributed by atoms with van der Waals surface area (Å²) < 4.78 is 21.2. The van der Waals surface area contributed by atoms with Gasteiger partial charge in [-0.15, -0.1) is 5.75 Å². The molecule has 0 aromatic heterocycles. The first-order chi connectivity index (χ1) is 5.00. The summed E-state index contributed by atoms with van der Waals surface area (Å²) in [7, 11) is -3.66. The van der Waals surface area contributed by atoms with Crippen molar-refractivity contribution in [1.29, 1.82) is 0 Å². The molecule has 0 spiro atoms. The van der Waals surface area contributed by atoms with E-state index in [1.807, 2.05) is 0 Å². The zero-order valence-corrected chi connectivity index (χ0v) is 10.5. The fourth-order valence-electron chi connectivity index (χ4n) is 0.629. The molecule has 0 fully saturated rings. The molecule has 0 amide bonds. The van der Waals surface area contributed by atoms with Crippen molar-refractivity contribution in [3.8, 4) is 5.75 Å². The molecule has 0 aliphatic rings. The van der Waals surface area contributed by atoms with Gasteiger partial charge in [-0.25, -0.2) is 13.6 Å². The average molecular weight is 211 g/mol. The van der Waals surface area contributed by atoms with Crippen LogP contribution in [-0.2, 0) is 10.0 Å². The topological polar surface area (TPSA) is 83.2 Å². The SMILES string of the molecule is NS(=O)(=O)c1ccc([O-])cc1.[K+]. The summed E-state index contributed by atoms with van der Waals surface area (Å²) in [6, 6.07) is 4.66. The smallest absolute Gasteiger partial charge is 0.872 e. The third-order valence-electron chi connectivity index (χ3n) is 1.15. The number of hydrogen-bond acceptors (Lipinski definition) is 3. The first-order valence-electron chi connectivity index (χ1n) is 2.80. The number of nitrogens with two attached hydrogens (primary N) is 1. The fourth-order valence-corrected chi connectivity index (χ4v) is 1.14. The third kappa shape index (κ3) is 3.52. The largest absolute Gasteiger partial charge is 1.00 e. The van der Waals surface area contributed by atoms with Crippen LogP contribution in [0.3, 0.4) is 0 Å². The van der Waals surface area contributed by atoms with E-state index in [2.05, 4.69) is 0 Å². The van der Waals surface area contributed by atoms with Gasteiger partial charge in [-0.1, -0.05) is 12.1 Å². The van der Waals surface area contributed by atoms with Crippen molar-refractivity contribution in [3.05, 3.63) is 24.3 Å². The monoisotopic (exact) mass is 211 g/mol. The van der Waals surface area contributed by atoms with Crippen molar-refractivity contribution >= 4 is 10.0 Å². The first-order valence-corrected chi connectivity index (χ1v) is 4.34. The predicted octanol–water partition coefficient (Wildman–Crippen LogP) is -3.59. The Kier molecular flexibility index (Phi) is 4.93. The molecule has 1 aromatic carbocycles. The van der Waals surface area contributed by atoms with E-state index in [0.717, 1.165) is 12.1 Å². The van der Waals surface area contributed by atoms with E-state index in [0.29, 0.717) is 0 Å². The van der Waals surface area contributed by atoms with Gasteiger partial charge >= 0.3 is 51.4 Å². The number of benzene rings is 1. The van der Waals surface area contributed by atoms with Crippen LogP contribution in [0.15, 0.2) is 29.2 Å². The minimum Gasteiger partial charge on any atom is -0.872 e. The van der Waals surface area contributed by atoms with Gasteiger partial charge < -0.3 is 5.11 Å². The van der Waals surface area contributed by atoms with Gasteiger partial charge in [0, 0.05) is 0 Å². The molecule has 1 aromatic rings. The molecule has 0 bridgehead atoms. The van der Waals surface area contributed by atoms with Crippen LogP contribution in [0.2, 0.25) is 0 Å². The zero-order valence-electron chi connectivity index (χ0n) is 6.52. The summed E-state index contributed by atoms with van der Waals surface area (Å²) in [5.74, 6) is -0.239. The standard InChI is InChI=1S/C6H7NO3S.K/c7-11(9,10)6-3-1-5(8)2-4-6;/h1-4,8H,(H2,7,9,10);/q;+1/p-1. The van der Waals surface area contributed by atoms with E-state index in [1.165, 1.54) is 12.1 Å². The van der Waals surface area contributed by atoms with Crippen molar-refractivity contribution in [3.63, 3.8) is 0 Å². The molecule has 0 radical (unpaired) electrons. The summed E-state index contributed by atoms with van der Waals surface area (Å²) in [4.78, 5) is -0.0444. The molecule has 2 N–H and O–H groups in total. The Balaban J connectivity index is 0.00000121. The minimum atomic E-state index is -3.66. The second kappa shape index (κ2) is 4.71. The maximum Gasteiger partial charge on any atom is 1.00 e. The molecule has 0 aliphatic heterocycles. The molecule has 60 valence electrons. The number of hydrogen-bond donors (Lipinski definition) is 1. The number of primary sulfonamides is 1. The van der Waals surface area contributed by atoms with Gasteiger partial charge in [-0.05, 0) is 12.1 Å². The molecule has 6 heteroatoms. The van der Waals surface area contributed by atoms with E-state index < -0.39 is 10.0 Å². The van der Waals surface area contributed by atoms with Gasteiger partial charge in [0.2, 0.25) is 10.0 Å². The normalized spacial score (nSPS) is 10.4. The van der Waals surface area contributed by atoms with Gasteiger partial charge in [-0.3, -0.25) is 0 Å². The number of rotatable bonds is 1. The molecule has 1 rings (SSSR count). The van der Waals surface area contributed by atoms with Crippen molar-refractivity contribution in [2.45, 2.75) is 4.90 Å². The maximum absolute atomic E-state index is 10.6. The Hall–Kier alpha value is 0.566. The van der Waals surface area contributed by atoms with Gasteiger partial charge in [0.15, 0.2) is 0 Å². The quantitative estimate of drug-likeness (QED) is 0.487. The van der Waals surface area contributed by atoms with Crippen LogP contribution >= 0.6 is 0 Å². The zero-order chi connectivity index (χ0) is 8.48. The van der Waals surface area contributed by atoms with Crippen LogP contribution in [0.4, 0.5) is 0 Å². The van der Waals surface area contributed by atoms with Gasteiger partial charge in [0.1, 0.15) is 0 Å². The van der Waals surface area contributed by atoms with Crippen molar-refractivity contribution in [2.75, 3.05) is 0 Å². The second-order valence-electron chi connectivity index (χ2n) is 2.02. The Morgan fingerprint density at radius 2 is 1.58 bits per heavy atom. The molecule has 0 atom stereocenters. The fraction of sp³-hybridized carbons (Fsp3) is 0. The van der Waals surface area contributed by atoms with Crippen LogP contribution in [0, 0.1) is 0 Å². The van der Waals surface area contributed by atoms with E-state index in [-0.39, 0.29) is 62.0 Å². The van der Waals surface area contributed by atoms with Crippen molar-refractivity contribution in [1.82, 2.24) is 0 Å². The van der Waals surface area contributed by atoms with Gasteiger partial charge in [-0.2, -0.15) is 0 Å². The Morgan fingerprint density at radius 3 is 1.92 bits per heavy atom. The third-order valence-corrected chi connectivity index (χ3v) is 2.08. The summed E-state index contributed by atoms with van der Waals surface area (Å²) in [5, 5.41) is 15.3. The molecule has 0 saturated heterocycles. The summed E-state index contributed by atoms with van der Waals surface area (Å²) in [5.41, 5.74) is 0. The summed E-state index contributed by atoms with van der Waals surface area (Å²) in [6.07, 6.45) is 0. The van der Waals surface area contributed by atoms with Gasteiger partial charge in [0.25, 0.3) is 0 Å². The minimum absolute atomic E-state index is 0. The van der Waals surface area contributed by atoms with E-state index >= 15 is 0 Å². The molecule has 0 unspecified atom stereocenters. The van der Waals surface area contributed by atoms with E-state index in [1.54, 1.807) is 0 Å². The molecular formula is C6H6KNO3S. The maximum atomic E-state index is 10.6. The van der Waals surface area contributed by atoms with Crippen LogP contribution < -0.4 is 61.6 Å². The molecule has 12 heavy (non-hydrogen) atoms. The molecular weight excluding hydrogens is 205 g/mol. The van der Waals surface area contributed by atoms with Crippen molar-refractivity contribution < 1.29 is 64.9 Å². The molecule has 0 saturated carbocycles. The summed E-state index contributed by atoms with van der Waals surface area (Å²) >= 11 is 0. The second-order valence-corrected chi connectivity index (χ2v) is 3.58. The van der Waals surface area contributed by atoms with Crippen molar-refractivity contribution in [2.24, 2.45) is 5.14 Å². The predicted molar refractivity (Wildman–Crippen MR) is 37.3 cm³/mol. The van der Waals surface area contributed by atoms with Crippen LogP contribution in [0.5, 0.6) is 5.75 Å². The Bertz CT molecular complexity index is 346. The van der Waals surface area contributed by atoms with E-state index in [4.69, 9.17) is 5.14 Å². The van der Waals surface area contributed by atoms with Gasteiger partial charge in [0.05, 0.1) is 4.90 Å². The van der Waals surface area contributed by atoms with Crippen LogP contribution in [0.25, 0.3) is 0 Å². The Morgan fingerprint density at radius 1 is 1.17 bits per heavy atom. The molecule has 0 aliphatic carbocycles.